The molecule has 1 aromatic rings. The van der Waals surface area contributed by atoms with Crippen LogP contribution in [0.15, 0.2) is 24.3 Å². The van der Waals surface area contributed by atoms with Crippen molar-refractivity contribution in [1.29, 1.82) is 0 Å². The number of ether oxygens (including phenoxy) is 2. The third-order valence-corrected chi connectivity index (χ3v) is 4.29. The molecule has 0 spiro atoms. The zero-order chi connectivity index (χ0) is 17.5. The number of benzene rings is 1. The van der Waals surface area contributed by atoms with Gasteiger partial charge in [-0.3, -0.25) is 4.79 Å². The third-order valence-electron chi connectivity index (χ3n) is 4.03. The van der Waals surface area contributed by atoms with E-state index in [4.69, 9.17) is 21.1 Å². The highest BCUT2D eigenvalue weighted by molar-refractivity contribution is 6.30. The van der Waals surface area contributed by atoms with Gasteiger partial charge in [-0.05, 0) is 56.9 Å². The van der Waals surface area contributed by atoms with Crippen LogP contribution in [-0.2, 0) is 14.3 Å². The van der Waals surface area contributed by atoms with Gasteiger partial charge in [-0.1, -0.05) is 18.5 Å². The monoisotopic (exact) mass is 353 g/mol. The molecule has 24 heavy (non-hydrogen) atoms. The molecule has 1 heterocycles. The Hall–Kier alpha value is -1.75. The normalized spacial score (nSPS) is 17.0. The molecule has 132 valence electrons. The number of esters is 1. The first kappa shape index (κ1) is 18.6. The summed E-state index contributed by atoms with van der Waals surface area (Å²) in [7, 11) is 0. The Kier molecular flexibility index (Phi) is 6.91. The van der Waals surface area contributed by atoms with E-state index in [0.29, 0.717) is 17.2 Å². The average Bonchev–Trinajstić information content (AvgIpc) is 2.61. The van der Waals surface area contributed by atoms with Crippen molar-refractivity contribution in [2.24, 2.45) is 0 Å². The predicted octanol–water partition coefficient (Wildman–Crippen LogP) is 3.44. The van der Waals surface area contributed by atoms with Gasteiger partial charge in [0, 0.05) is 18.1 Å². The summed E-state index contributed by atoms with van der Waals surface area (Å²) >= 11 is 5.83. The Labute approximate surface area is 147 Å². The van der Waals surface area contributed by atoms with Gasteiger partial charge in [0.25, 0.3) is 5.91 Å². The maximum atomic E-state index is 12.3. The Morgan fingerprint density at radius 2 is 1.79 bits per heavy atom. The fourth-order valence-electron chi connectivity index (χ4n) is 2.65. The molecular formula is C18H24ClNO4. The van der Waals surface area contributed by atoms with Crippen molar-refractivity contribution in [3.05, 3.63) is 29.3 Å². The summed E-state index contributed by atoms with van der Waals surface area (Å²) in [5.74, 6) is -0.118. The summed E-state index contributed by atoms with van der Waals surface area (Å²) in [6.45, 7) is 4.92. The standard InChI is InChI=1S/C18H24ClNO4/c1-3-16(24-15-9-7-14(19)8-10-15)18(22)23-13(2)17(21)20-11-5-4-6-12-20/h7-10,13,16H,3-6,11-12H2,1-2H3/t13-,16+/m0/s1. The summed E-state index contributed by atoms with van der Waals surface area (Å²) in [4.78, 5) is 26.4. The van der Waals surface area contributed by atoms with Crippen molar-refractivity contribution >= 4 is 23.5 Å². The first-order valence-corrected chi connectivity index (χ1v) is 8.80. The molecule has 1 aromatic carbocycles. The van der Waals surface area contributed by atoms with Crippen LogP contribution in [0.3, 0.4) is 0 Å². The second-order valence-electron chi connectivity index (χ2n) is 5.93. The lowest BCUT2D eigenvalue weighted by atomic mass is 10.1. The summed E-state index contributed by atoms with van der Waals surface area (Å²) in [6, 6.07) is 6.77. The van der Waals surface area contributed by atoms with E-state index >= 15 is 0 Å². The minimum atomic E-state index is -0.793. The molecule has 0 aliphatic carbocycles. The Morgan fingerprint density at radius 3 is 2.38 bits per heavy atom. The highest BCUT2D eigenvalue weighted by Crippen LogP contribution is 2.19. The van der Waals surface area contributed by atoms with E-state index in [-0.39, 0.29) is 5.91 Å². The van der Waals surface area contributed by atoms with Crippen molar-refractivity contribution in [3.63, 3.8) is 0 Å². The van der Waals surface area contributed by atoms with Crippen LogP contribution in [0.25, 0.3) is 0 Å². The second kappa shape index (κ2) is 8.92. The van der Waals surface area contributed by atoms with Crippen molar-refractivity contribution in [2.75, 3.05) is 13.1 Å². The Morgan fingerprint density at radius 1 is 1.17 bits per heavy atom. The molecule has 6 heteroatoms. The van der Waals surface area contributed by atoms with Crippen LogP contribution >= 0.6 is 11.6 Å². The SMILES string of the molecule is CC[C@@H](Oc1ccc(Cl)cc1)C(=O)O[C@@H](C)C(=O)N1CCCCC1. The van der Waals surface area contributed by atoms with E-state index in [1.807, 2.05) is 6.92 Å². The molecule has 0 saturated carbocycles. The molecule has 0 unspecified atom stereocenters. The smallest absolute Gasteiger partial charge is 0.348 e. The molecule has 1 amide bonds. The Balaban J connectivity index is 1.90. The number of piperidine rings is 1. The number of carbonyl (C=O) groups excluding carboxylic acids is 2. The van der Waals surface area contributed by atoms with Gasteiger partial charge < -0.3 is 14.4 Å². The van der Waals surface area contributed by atoms with Crippen LogP contribution in [0, 0.1) is 0 Å². The lowest BCUT2D eigenvalue weighted by Gasteiger charge is -2.29. The van der Waals surface area contributed by atoms with Crippen LogP contribution in [0.1, 0.15) is 39.5 Å². The van der Waals surface area contributed by atoms with E-state index in [2.05, 4.69) is 0 Å². The van der Waals surface area contributed by atoms with Crippen LogP contribution in [0.4, 0.5) is 0 Å². The first-order chi connectivity index (χ1) is 11.5. The average molecular weight is 354 g/mol. The number of hydrogen-bond donors (Lipinski definition) is 0. The lowest BCUT2D eigenvalue weighted by Crippen LogP contribution is -2.44. The quantitative estimate of drug-likeness (QED) is 0.735. The van der Waals surface area contributed by atoms with Crippen LogP contribution in [0.2, 0.25) is 5.02 Å². The first-order valence-electron chi connectivity index (χ1n) is 8.42. The minimum absolute atomic E-state index is 0.135. The Bertz CT molecular complexity index is 555. The minimum Gasteiger partial charge on any atom is -0.479 e. The molecule has 5 nitrogen and oxygen atoms in total. The van der Waals surface area contributed by atoms with Gasteiger partial charge in [0.15, 0.2) is 12.2 Å². The van der Waals surface area contributed by atoms with Gasteiger partial charge >= 0.3 is 5.97 Å². The van der Waals surface area contributed by atoms with Gasteiger partial charge in [-0.25, -0.2) is 4.79 Å². The van der Waals surface area contributed by atoms with Crippen LogP contribution in [-0.4, -0.2) is 42.1 Å². The fraction of sp³-hybridized carbons (Fsp3) is 0.556. The zero-order valence-electron chi connectivity index (χ0n) is 14.2. The number of hydrogen-bond acceptors (Lipinski definition) is 4. The van der Waals surface area contributed by atoms with Crippen molar-refractivity contribution in [1.82, 2.24) is 4.90 Å². The predicted molar refractivity (Wildman–Crippen MR) is 92.1 cm³/mol. The molecule has 1 saturated heterocycles. The van der Waals surface area contributed by atoms with Crippen LogP contribution in [0.5, 0.6) is 5.75 Å². The molecule has 0 bridgehead atoms. The highest BCUT2D eigenvalue weighted by Gasteiger charge is 2.28. The number of nitrogens with zero attached hydrogens (tertiary/aromatic N) is 1. The molecule has 2 atom stereocenters. The van der Waals surface area contributed by atoms with Crippen molar-refractivity contribution in [3.8, 4) is 5.75 Å². The topological polar surface area (TPSA) is 55.8 Å². The number of rotatable bonds is 6. The van der Waals surface area contributed by atoms with Gasteiger partial charge in [-0.15, -0.1) is 0 Å². The van der Waals surface area contributed by atoms with Crippen molar-refractivity contribution in [2.45, 2.75) is 51.7 Å². The molecular weight excluding hydrogens is 330 g/mol. The maximum Gasteiger partial charge on any atom is 0.348 e. The van der Waals surface area contributed by atoms with E-state index in [0.717, 1.165) is 32.4 Å². The molecule has 0 aromatic heterocycles. The summed E-state index contributed by atoms with van der Waals surface area (Å²) in [5.41, 5.74) is 0. The van der Waals surface area contributed by atoms with E-state index < -0.39 is 18.2 Å². The van der Waals surface area contributed by atoms with Crippen LogP contribution < -0.4 is 4.74 Å². The lowest BCUT2D eigenvalue weighted by molar-refractivity contribution is -0.165. The zero-order valence-corrected chi connectivity index (χ0v) is 14.9. The van der Waals surface area contributed by atoms with Gasteiger partial charge in [0.2, 0.25) is 0 Å². The summed E-state index contributed by atoms with van der Waals surface area (Å²) in [5, 5.41) is 0.596. The van der Waals surface area contributed by atoms with Gasteiger partial charge in [0.1, 0.15) is 5.75 Å². The molecule has 2 rings (SSSR count). The van der Waals surface area contributed by atoms with E-state index in [1.165, 1.54) is 0 Å². The molecule has 0 radical (unpaired) electrons. The third kappa shape index (κ3) is 5.13. The number of halogens is 1. The molecule has 1 aliphatic heterocycles. The maximum absolute atomic E-state index is 12.3. The molecule has 1 fully saturated rings. The molecule has 0 N–H and O–H groups in total. The van der Waals surface area contributed by atoms with E-state index in [9.17, 15) is 9.59 Å². The van der Waals surface area contributed by atoms with Gasteiger partial charge in [-0.2, -0.15) is 0 Å². The largest absolute Gasteiger partial charge is 0.479 e. The van der Waals surface area contributed by atoms with E-state index in [1.54, 1.807) is 36.1 Å². The highest BCUT2D eigenvalue weighted by atomic mass is 35.5. The number of carbonyl (C=O) groups is 2. The van der Waals surface area contributed by atoms with Gasteiger partial charge in [0.05, 0.1) is 0 Å². The number of likely N-dealkylation sites (tertiary alicyclic amines) is 1. The molecule has 1 aliphatic rings. The summed E-state index contributed by atoms with van der Waals surface area (Å²) in [6.07, 6.45) is 2.06. The van der Waals surface area contributed by atoms with Crippen molar-refractivity contribution < 1.29 is 19.1 Å². The fourth-order valence-corrected chi connectivity index (χ4v) is 2.77. The summed E-state index contributed by atoms with van der Waals surface area (Å²) < 4.78 is 11.0. The second-order valence-corrected chi connectivity index (χ2v) is 6.37. The number of amides is 1.